The summed E-state index contributed by atoms with van der Waals surface area (Å²) < 4.78 is 0. The number of hydrogen-bond donors (Lipinski definition) is 2. The van der Waals surface area contributed by atoms with E-state index < -0.39 is 0 Å². The molecule has 0 aliphatic carbocycles. The molecule has 19 heavy (non-hydrogen) atoms. The molecule has 0 aromatic rings. The first-order chi connectivity index (χ1) is 9.20. The molecular formula is C14H19N3O2. The Bertz CT molecular complexity index is 481. The van der Waals surface area contributed by atoms with Gasteiger partial charge in [0, 0.05) is 18.2 Å². The summed E-state index contributed by atoms with van der Waals surface area (Å²) in [5, 5.41) is 8.17. The number of rotatable bonds is 2. The van der Waals surface area contributed by atoms with Crippen molar-refractivity contribution in [1.82, 2.24) is 15.7 Å². The van der Waals surface area contributed by atoms with Gasteiger partial charge in [-0.25, -0.2) is 5.06 Å². The third-order valence-electron chi connectivity index (χ3n) is 3.79. The highest BCUT2D eigenvalue weighted by molar-refractivity contribution is 5.81. The van der Waals surface area contributed by atoms with Crippen LogP contribution in [0, 0.1) is 5.92 Å². The maximum absolute atomic E-state index is 11.7. The molecule has 0 spiro atoms. The molecule has 2 N–H and O–H groups in total. The van der Waals surface area contributed by atoms with Crippen LogP contribution in [0.5, 0.6) is 0 Å². The fourth-order valence-corrected chi connectivity index (χ4v) is 3.12. The van der Waals surface area contributed by atoms with Crippen LogP contribution < -0.4 is 10.6 Å². The maximum Gasteiger partial charge on any atom is 0.224 e. The zero-order chi connectivity index (χ0) is 13.4. The second kappa shape index (κ2) is 4.74. The van der Waals surface area contributed by atoms with Gasteiger partial charge in [-0.1, -0.05) is 6.08 Å². The molecule has 5 heteroatoms. The van der Waals surface area contributed by atoms with E-state index in [9.17, 15) is 4.79 Å². The largest absolute Gasteiger partial charge is 0.366 e. The number of nitrogens with one attached hydrogen (secondary N) is 2. The van der Waals surface area contributed by atoms with Crippen molar-refractivity contribution in [2.45, 2.75) is 32.5 Å². The summed E-state index contributed by atoms with van der Waals surface area (Å²) in [6.07, 6.45) is 8.51. The molecule has 3 atom stereocenters. The number of hydrogen-bond acceptors (Lipinski definition) is 4. The molecule has 3 aliphatic rings. The van der Waals surface area contributed by atoms with Crippen LogP contribution in [-0.4, -0.2) is 29.8 Å². The SMILES string of the molecule is CCON1C=C2CC(=O)NC(C)C2C2=CC=CNC21. The van der Waals surface area contributed by atoms with Crippen molar-refractivity contribution in [3.63, 3.8) is 0 Å². The number of carbonyl (C=O) groups excluding carboxylic acids is 1. The van der Waals surface area contributed by atoms with Gasteiger partial charge in [0.25, 0.3) is 0 Å². The minimum Gasteiger partial charge on any atom is -0.366 e. The summed E-state index contributed by atoms with van der Waals surface area (Å²) in [5.74, 6) is 0.349. The van der Waals surface area contributed by atoms with E-state index in [4.69, 9.17) is 4.84 Å². The minimum atomic E-state index is 0.0242. The molecule has 1 saturated heterocycles. The number of piperidine rings is 1. The Balaban J connectivity index is 2.00. The average molecular weight is 261 g/mol. The van der Waals surface area contributed by atoms with Crippen LogP contribution in [0.15, 0.2) is 35.7 Å². The highest BCUT2D eigenvalue weighted by Gasteiger charge is 2.41. The third kappa shape index (κ3) is 2.04. The van der Waals surface area contributed by atoms with Crippen molar-refractivity contribution in [1.29, 1.82) is 0 Å². The van der Waals surface area contributed by atoms with Crippen LogP contribution in [0.1, 0.15) is 20.3 Å². The lowest BCUT2D eigenvalue weighted by atomic mass is 9.77. The molecule has 0 radical (unpaired) electrons. The van der Waals surface area contributed by atoms with E-state index in [1.54, 1.807) is 0 Å². The molecule has 0 bridgehead atoms. The van der Waals surface area contributed by atoms with Gasteiger partial charge in [0.05, 0.1) is 13.0 Å². The van der Waals surface area contributed by atoms with Crippen molar-refractivity contribution >= 4 is 5.91 Å². The Labute approximate surface area is 112 Å². The fraction of sp³-hybridized carbons (Fsp3) is 0.500. The standard InChI is InChI=1S/C14H19N3O2/c1-3-19-17-8-10-7-12(18)16-9(2)13(10)11-5-4-6-15-14(11)17/h4-6,8-9,13-15H,3,7H2,1-2H3,(H,16,18). The predicted octanol–water partition coefficient (Wildman–Crippen LogP) is 1.03. The highest BCUT2D eigenvalue weighted by atomic mass is 16.7. The van der Waals surface area contributed by atoms with E-state index in [-0.39, 0.29) is 24.0 Å². The number of dihydropyridines is 1. The van der Waals surface area contributed by atoms with Crippen LogP contribution in [0.3, 0.4) is 0 Å². The summed E-state index contributed by atoms with van der Waals surface area (Å²) in [6.45, 7) is 4.62. The summed E-state index contributed by atoms with van der Waals surface area (Å²) in [7, 11) is 0. The molecule has 1 amide bonds. The Kier molecular flexibility index (Phi) is 3.06. The van der Waals surface area contributed by atoms with Crippen LogP contribution in [0.2, 0.25) is 0 Å². The van der Waals surface area contributed by atoms with Gasteiger partial charge in [0.1, 0.15) is 6.17 Å². The molecule has 0 aromatic carbocycles. The van der Waals surface area contributed by atoms with Gasteiger partial charge in [-0.15, -0.1) is 0 Å². The van der Waals surface area contributed by atoms with Gasteiger partial charge in [-0.05, 0) is 37.3 Å². The number of allylic oxidation sites excluding steroid dienone is 2. The van der Waals surface area contributed by atoms with Crippen molar-refractivity contribution in [2.24, 2.45) is 5.92 Å². The lowest BCUT2D eigenvalue weighted by Crippen LogP contribution is -2.54. The topological polar surface area (TPSA) is 53.6 Å². The normalized spacial score (nSPS) is 32.6. The first-order valence-corrected chi connectivity index (χ1v) is 6.74. The van der Waals surface area contributed by atoms with E-state index >= 15 is 0 Å². The van der Waals surface area contributed by atoms with E-state index in [1.807, 2.05) is 30.5 Å². The van der Waals surface area contributed by atoms with Crippen molar-refractivity contribution < 1.29 is 9.63 Å². The molecule has 5 nitrogen and oxygen atoms in total. The van der Waals surface area contributed by atoms with Crippen LogP contribution in [-0.2, 0) is 9.63 Å². The Morgan fingerprint density at radius 3 is 3.16 bits per heavy atom. The number of hydroxylamine groups is 2. The van der Waals surface area contributed by atoms with Gasteiger partial charge in [-0.3, -0.25) is 9.63 Å². The van der Waals surface area contributed by atoms with Crippen molar-refractivity contribution in [3.8, 4) is 0 Å². The smallest absolute Gasteiger partial charge is 0.224 e. The summed E-state index contributed by atoms with van der Waals surface area (Å²) in [5.41, 5.74) is 2.38. The average Bonchev–Trinajstić information content (AvgIpc) is 2.38. The molecule has 0 aromatic heterocycles. The van der Waals surface area contributed by atoms with Crippen LogP contribution in [0.4, 0.5) is 0 Å². The van der Waals surface area contributed by atoms with Gasteiger partial charge in [0.15, 0.2) is 0 Å². The number of nitrogens with zero attached hydrogens (tertiary/aromatic N) is 1. The molecule has 0 saturated carbocycles. The zero-order valence-corrected chi connectivity index (χ0v) is 11.2. The maximum atomic E-state index is 11.7. The van der Waals surface area contributed by atoms with Gasteiger partial charge < -0.3 is 10.6 Å². The van der Waals surface area contributed by atoms with Gasteiger partial charge in [0.2, 0.25) is 5.91 Å². The van der Waals surface area contributed by atoms with Crippen LogP contribution in [0.25, 0.3) is 0 Å². The van der Waals surface area contributed by atoms with Gasteiger partial charge >= 0.3 is 0 Å². The third-order valence-corrected chi connectivity index (χ3v) is 3.79. The number of fused-ring (bicyclic) bond motifs is 3. The molecule has 3 heterocycles. The van der Waals surface area contributed by atoms with E-state index in [1.165, 1.54) is 5.57 Å². The molecule has 3 rings (SSSR count). The Morgan fingerprint density at radius 2 is 2.37 bits per heavy atom. The molecule has 102 valence electrons. The molecule has 3 aliphatic heterocycles. The number of carbonyl (C=O) groups is 1. The van der Waals surface area contributed by atoms with E-state index in [0.29, 0.717) is 13.0 Å². The second-order valence-electron chi connectivity index (χ2n) is 5.09. The van der Waals surface area contributed by atoms with Crippen molar-refractivity contribution in [3.05, 3.63) is 35.7 Å². The summed E-state index contributed by atoms with van der Waals surface area (Å²) in [4.78, 5) is 17.4. The van der Waals surface area contributed by atoms with Crippen LogP contribution >= 0.6 is 0 Å². The highest BCUT2D eigenvalue weighted by Crippen LogP contribution is 2.38. The Morgan fingerprint density at radius 1 is 1.53 bits per heavy atom. The molecular weight excluding hydrogens is 242 g/mol. The zero-order valence-electron chi connectivity index (χ0n) is 11.2. The quantitative estimate of drug-likeness (QED) is 0.779. The monoisotopic (exact) mass is 261 g/mol. The molecule has 3 unspecified atom stereocenters. The predicted molar refractivity (Wildman–Crippen MR) is 71.4 cm³/mol. The summed E-state index contributed by atoms with van der Waals surface area (Å²) >= 11 is 0. The first kappa shape index (κ1) is 12.3. The summed E-state index contributed by atoms with van der Waals surface area (Å²) in [6, 6.07) is 0.123. The fourth-order valence-electron chi connectivity index (χ4n) is 3.12. The second-order valence-corrected chi connectivity index (χ2v) is 5.09. The van der Waals surface area contributed by atoms with E-state index in [2.05, 4.69) is 23.6 Å². The number of amides is 1. The van der Waals surface area contributed by atoms with Crippen molar-refractivity contribution in [2.75, 3.05) is 6.61 Å². The first-order valence-electron chi connectivity index (χ1n) is 6.74. The lowest BCUT2D eigenvalue weighted by Gasteiger charge is -2.45. The van der Waals surface area contributed by atoms with Gasteiger partial charge in [-0.2, -0.15) is 0 Å². The van der Waals surface area contributed by atoms with E-state index in [0.717, 1.165) is 5.57 Å². The Hall–Kier alpha value is -1.75. The minimum absolute atomic E-state index is 0.0242. The molecule has 1 fully saturated rings. The lowest BCUT2D eigenvalue weighted by molar-refractivity contribution is -0.148.